The van der Waals surface area contributed by atoms with Crippen LogP contribution in [0.1, 0.15) is 23.2 Å². The zero-order chi connectivity index (χ0) is 19.7. The summed E-state index contributed by atoms with van der Waals surface area (Å²) in [5, 5.41) is 6.25. The van der Waals surface area contributed by atoms with E-state index < -0.39 is 10.0 Å². The number of methoxy groups -OCH3 is 2. The first-order valence-electron chi connectivity index (χ1n) is 9.08. The fourth-order valence-corrected chi connectivity index (χ4v) is 4.31. The number of hydrogen-bond acceptors (Lipinski definition) is 6. The maximum absolute atomic E-state index is 12.8. The third kappa shape index (κ3) is 6.25. The second-order valence-corrected chi connectivity index (χ2v) is 8.35. The Morgan fingerprint density at radius 3 is 2.19 bits per heavy atom. The van der Waals surface area contributed by atoms with E-state index in [0.29, 0.717) is 18.8 Å². The molecule has 0 saturated carbocycles. The Kier molecular flexibility index (Phi) is 8.65. The minimum absolute atomic E-state index is 0.146. The molecule has 1 heterocycles. The summed E-state index contributed by atoms with van der Waals surface area (Å²) in [7, 11) is -0.632. The van der Waals surface area contributed by atoms with Gasteiger partial charge in [0, 0.05) is 38.9 Å². The average Bonchev–Trinajstić information content (AvgIpc) is 2.68. The third-order valence-electron chi connectivity index (χ3n) is 4.52. The van der Waals surface area contributed by atoms with Gasteiger partial charge in [-0.25, -0.2) is 8.42 Å². The molecule has 1 saturated heterocycles. The molecule has 152 valence electrons. The maximum atomic E-state index is 12.8. The fourth-order valence-electron chi connectivity index (χ4n) is 2.90. The second-order valence-electron chi connectivity index (χ2n) is 6.41. The lowest BCUT2D eigenvalue weighted by molar-refractivity contribution is 0.0929. The molecule has 0 aromatic heterocycles. The van der Waals surface area contributed by atoms with Crippen LogP contribution in [0.2, 0.25) is 0 Å². The molecule has 2 N–H and O–H groups in total. The molecule has 0 bridgehead atoms. The van der Waals surface area contributed by atoms with Crippen LogP contribution in [0.4, 0.5) is 0 Å². The van der Waals surface area contributed by atoms with Crippen LogP contribution in [0.5, 0.6) is 0 Å². The number of carbonyl (C=O) groups excluding carboxylic acids is 1. The molecule has 9 heteroatoms. The van der Waals surface area contributed by atoms with Crippen molar-refractivity contribution in [3.63, 3.8) is 0 Å². The monoisotopic (exact) mass is 399 g/mol. The van der Waals surface area contributed by atoms with Gasteiger partial charge in [0.1, 0.15) is 0 Å². The minimum atomic E-state index is -3.68. The number of hydrogen-bond donors (Lipinski definition) is 2. The number of carbonyl (C=O) groups is 1. The number of benzene rings is 1. The van der Waals surface area contributed by atoms with Gasteiger partial charge in [-0.15, -0.1) is 0 Å². The quantitative estimate of drug-likeness (QED) is 0.593. The summed E-state index contributed by atoms with van der Waals surface area (Å²) in [5.74, 6) is -0.179. The molecule has 0 spiro atoms. The van der Waals surface area contributed by atoms with Crippen LogP contribution in [0.15, 0.2) is 29.2 Å². The number of sulfonamides is 1. The molecule has 27 heavy (non-hydrogen) atoms. The Hall–Kier alpha value is -1.52. The average molecular weight is 400 g/mol. The molecular weight excluding hydrogens is 370 g/mol. The largest absolute Gasteiger partial charge is 0.383 e. The highest BCUT2D eigenvalue weighted by atomic mass is 32.2. The zero-order valence-corrected chi connectivity index (χ0v) is 16.8. The van der Waals surface area contributed by atoms with Gasteiger partial charge in [0.2, 0.25) is 10.0 Å². The zero-order valence-electron chi connectivity index (χ0n) is 15.9. The Morgan fingerprint density at radius 1 is 1.11 bits per heavy atom. The van der Waals surface area contributed by atoms with Crippen LogP contribution in [-0.2, 0) is 19.5 Å². The summed E-state index contributed by atoms with van der Waals surface area (Å²) >= 11 is 0. The molecule has 2 rings (SSSR count). The summed E-state index contributed by atoms with van der Waals surface area (Å²) in [6, 6.07) is 6.20. The van der Waals surface area contributed by atoms with Crippen molar-refractivity contribution in [2.24, 2.45) is 0 Å². The standard InChI is InChI=1S/C18H29N3O5S/c1-25-13-11-21(12-14-26-2)27(23,24)17-5-3-15(4-6-17)18(22)20-16-7-9-19-10-8-16/h3-6,16,19H,7-14H2,1-2H3,(H,20,22). The van der Waals surface area contributed by atoms with E-state index in [-0.39, 0.29) is 29.9 Å². The topological polar surface area (TPSA) is 97.0 Å². The van der Waals surface area contributed by atoms with Crippen LogP contribution in [0.25, 0.3) is 0 Å². The second kappa shape index (κ2) is 10.7. The Balaban J connectivity index is 2.07. The highest BCUT2D eigenvalue weighted by Gasteiger charge is 2.24. The van der Waals surface area contributed by atoms with Crippen molar-refractivity contribution in [3.05, 3.63) is 29.8 Å². The van der Waals surface area contributed by atoms with E-state index in [4.69, 9.17) is 9.47 Å². The van der Waals surface area contributed by atoms with Gasteiger partial charge < -0.3 is 20.1 Å². The summed E-state index contributed by atoms with van der Waals surface area (Å²) in [6.07, 6.45) is 1.79. The van der Waals surface area contributed by atoms with Crippen molar-refractivity contribution >= 4 is 15.9 Å². The fraction of sp³-hybridized carbons (Fsp3) is 0.611. The molecule has 0 aliphatic carbocycles. The predicted molar refractivity (Wildman–Crippen MR) is 102 cm³/mol. The molecule has 1 aromatic carbocycles. The lowest BCUT2D eigenvalue weighted by Crippen LogP contribution is -2.42. The molecule has 1 aromatic rings. The minimum Gasteiger partial charge on any atom is -0.383 e. The van der Waals surface area contributed by atoms with E-state index in [2.05, 4.69) is 10.6 Å². The van der Waals surface area contributed by atoms with Gasteiger partial charge in [0.25, 0.3) is 5.91 Å². The number of amides is 1. The third-order valence-corrected chi connectivity index (χ3v) is 6.43. The molecule has 1 aliphatic rings. The number of nitrogens with one attached hydrogen (secondary N) is 2. The summed E-state index contributed by atoms with van der Waals surface area (Å²) in [6.45, 7) is 2.83. The van der Waals surface area contributed by atoms with E-state index in [1.54, 1.807) is 12.1 Å². The normalized spacial score (nSPS) is 15.8. The number of rotatable bonds is 10. The Bertz CT molecular complexity index is 679. The van der Waals surface area contributed by atoms with E-state index in [1.807, 2.05) is 0 Å². The summed E-state index contributed by atoms with van der Waals surface area (Å²) in [5.41, 5.74) is 0.452. The lowest BCUT2D eigenvalue weighted by Gasteiger charge is -2.24. The smallest absolute Gasteiger partial charge is 0.251 e. The van der Waals surface area contributed by atoms with Crippen molar-refractivity contribution in [1.82, 2.24) is 14.9 Å². The van der Waals surface area contributed by atoms with Gasteiger partial charge in [-0.1, -0.05) is 0 Å². The van der Waals surface area contributed by atoms with Crippen LogP contribution in [0.3, 0.4) is 0 Å². The lowest BCUT2D eigenvalue weighted by atomic mass is 10.1. The Morgan fingerprint density at radius 2 is 1.67 bits per heavy atom. The van der Waals surface area contributed by atoms with Gasteiger partial charge in [-0.2, -0.15) is 4.31 Å². The molecular formula is C18H29N3O5S. The molecule has 0 radical (unpaired) electrons. The molecule has 1 aliphatic heterocycles. The highest BCUT2D eigenvalue weighted by molar-refractivity contribution is 7.89. The van der Waals surface area contributed by atoms with Gasteiger partial charge in [-0.05, 0) is 50.2 Å². The van der Waals surface area contributed by atoms with E-state index in [0.717, 1.165) is 25.9 Å². The van der Waals surface area contributed by atoms with Gasteiger partial charge in [0.15, 0.2) is 0 Å². The Labute approximate surface area is 161 Å². The van der Waals surface area contributed by atoms with Crippen molar-refractivity contribution in [1.29, 1.82) is 0 Å². The molecule has 0 unspecified atom stereocenters. The van der Waals surface area contributed by atoms with Crippen molar-refractivity contribution < 1.29 is 22.7 Å². The molecule has 1 fully saturated rings. The number of nitrogens with zero attached hydrogens (tertiary/aromatic N) is 1. The van der Waals surface area contributed by atoms with E-state index >= 15 is 0 Å². The first kappa shape index (κ1) is 21.8. The van der Waals surface area contributed by atoms with Crippen LogP contribution in [-0.4, -0.2) is 78.3 Å². The van der Waals surface area contributed by atoms with Crippen LogP contribution < -0.4 is 10.6 Å². The van der Waals surface area contributed by atoms with Crippen molar-refractivity contribution in [2.45, 2.75) is 23.8 Å². The maximum Gasteiger partial charge on any atom is 0.251 e. The first-order chi connectivity index (χ1) is 13.0. The predicted octanol–water partition coefficient (Wildman–Crippen LogP) is 0.452. The molecule has 1 amide bonds. The van der Waals surface area contributed by atoms with Crippen LogP contribution >= 0.6 is 0 Å². The summed E-state index contributed by atoms with van der Waals surface area (Å²) in [4.78, 5) is 12.5. The first-order valence-corrected chi connectivity index (χ1v) is 10.5. The van der Waals surface area contributed by atoms with Crippen LogP contribution in [0, 0.1) is 0 Å². The van der Waals surface area contributed by atoms with Crippen molar-refractivity contribution in [2.75, 3.05) is 53.6 Å². The molecule has 0 atom stereocenters. The van der Waals surface area contributed by atoms with E-state index in [9.17, 15) is 13.2 Å². The highest BCUT2D eigenvalue weighted by Crippen LogP contribution is 2.17. The molecule has 8 nitrogen and oxygen atoms in total. The van der Waals surface area contributed by atoms with E-state index in [1.165, 1.54) is 30.7 Å². The van der Waals surface area contributed by atoms with Gasteiger partial charge >= 0.3 is 0 Å². The van der Waals surface area contributed by atoms with Crippen molar-refractivity contribution in [3.8, 4) is 0 Å². The summed E-state index contributed by atoms with van der Waals surface area (Å²) < 4.78 is 37.0. The van der Waals surface area contributed by atoms with Gasteiger partial charge in [0.05, 0.1) is 18.1 Å². The number of piperidine rings is 1. The number of ether oxygens (including phenoxy) is 2. The SMILES string of the molecule is COCCN(CCOC)S(=O)(=O)c1ccc(C(=O)NC2CCNCC2)cc1. The van der Waals surface area contributed by atoms with Gasteiger partial charge in [-0.3, -0.25) is 4.79 Å².